The number of piperidine rings is 1. The average Bonchev–Trinajstić information content (AvgIpc) is 3.47. The predicted octanol–water partition coefficient (Wildman–Crippen LogP) is 2.21. The van der Waals surface area contributed by atoms with Gasteiger partial charge in [-0.1, -0.05) is 31.4 Å². The van der Waals surface area contributed by atoms with Gasteiger partial charge in [-0.15, -0.1) is 0 Å². The molecule has 6 aliphatic rings. The van der Waals surface area contributed by atoms with Crippen LogP contribution >= 0.6 is 0 Å². The van der Waals surface area contributed by atoms with Crippen LogP contribution in [0.15, 0.2) is 54.0 Å². The number of methoxy groups -OCH3 is 1. The standard InChI is InChI=1S/C27H39N7O/c1-35-26-8-7-21(12-28-26)17-34-24-11-25(34)19-33(18-24)27(29-13-20-5-3-2-4-6-20)10-9-22(14-30-27)23-15-31-32-16-23/h7-10,12,14-15,20,24-25,29-32H,2-6,11,13,16-19H2,1H3. The number of ether oxygens (including phenoxy) is 1. The molecule has 188 valence electrons. The van der Waals surface area contributed by atoms with Crippen molar-refractivity contribution in [2.45, 2.75) is 62.9 Å². The van der Waals surface area contributed by atoms with Crippen LogP contribution < -0.4 is 26.2 Å². The Morgan fingerprint density at radius 3 is 2.66 bits per heavy atom. The Kier molecular flexibility index (Phi) is 6.54. The first kappa shape index (κ1) is 23.0. The molecule has 1 saturated carbocycles. The van der Waals surface area contributed by atoms with Crippen molar-refractivity contribution in [2.75, 3.05) is 33.3 Å². The number of rotatable bonds is 8. The molecule has 8 nitrogen and oxygen atoms in total. The number of fused-ring (bicyclic) bond motifs is 2. The van der Waals surface area contributed by atoms with Crippen LogP contribution in [0.3, 0.4) is 0 Å². The minimum atomic E-state index is -0.314. The zero-order valence-electron chi connectivity index (χ0n) is 20.8. The molecule has 0 spiro atoms. The number of hydrogen-bond donors (Lipinski definition) is 4. The van der Waals surface area contributed by atoms with E-state index in [2.05, 4.69) is 66.9 Å². The molecule has 6 heterocycles. The zero-order chi connectivity index (χ0) is 23.7. The van der Waals surface area contributed by atoms with Crippen molar-refractivity contribution in [3.05, 3.63) is 59.6 Å². The van der Waals surface area contributed by atoms with Crippen molar-refractivity contribution < 1.29 is 4.74 Å². The monoisotopic (exact) mass is 477 g/mol. The average molecular weight is 478 g/mol. The molecule has 3 unspecified atom stereocenters. The Labute approximate surface area is 208 Å². The molecule has 1 aliphatic carbocycles. The minimum absolute atomic E-state index is 0.314. The van der Waals surface area contributed by atoms with E-state index in [4.69, 9.17) is 4.74 Å². The fourth-order valence-electron chi connectivity index (χ4n) is 6.39. The molecule has 35 heavy (non-hydrogen) atoms. The van der Waals surface area contributed by atoms with E-state index in [1.54, 1.807) is 7.11 Å². The highest BCUT2D eigenvalue weighted by molar-refractivity contribution is 5.44. The summed E-state index contributed by atoms with van der Waals surface area (Å²) in [5.41, 5.74) is 10.1. The van der Waals surface area contributed by atoms with Gasteiger partial charge in [0.1, 0.15) is 0 Å². The maximum Gasteiger partial charge on any atom is 0.212 e. The van der Waals surface area contributed by atoms with Crippen molar-refractivity contribution in [3.8, 4) is 5.88 Å². The van der Waals surface area contributed by atoms with Gasteiger partial charge < -0.3 is 15.5 Å². The van der Waals surface area contributed by atoms with Crippen LogP contribution in [0.2, 0.25) is 0 Å². The highest BCUT2D eigenvalue weighted by atomic mass is 16.5. The molecule has 3 atom stereocenters. The van der Waals surface area contributed by atoms with E-state index in [-0.39, 0.29) is 5.79 Å². The third-order valence-electron chi connectivity index (χ3n) is 8.55. The van der Waals surface area contributed by atoms with Crippen LogP contribution in [-0.4, -0.2) is 65.9 Å². The molecule has 0 radical (unpaired) electrons. The second-order valence-electron chi connectivity index (χ2n) is 10.7. The fraction of sp³-hybridized carbons (Fsp3) is 0.593. The maximum atomic E-state index is 5.22. The van der Waals surface area contributed by atoms with Gasteiger partial charge >= 0.3 is 0 Å². The number of hydrogen-bond acceptors (Lipinski definition) is 8. The topological polar surface area (TPSA) is 76.7 Å². The van der Waals surface area contributed by atoms with E-state index in [1.807, 2.05) is 12.3 Å². The molecule has 4 N–H and O–H groups in total. The number of allylic oxidation sites excluding steroid dienone is 1. The molecular formula is C27H39N7O. The van der Waals surface area contributed by atoms with Crippen LogP contribution in [0.1, 0.15) is 44.1 Å². The normalized spacial score (nSPS) is 31.2. The summed E-state index contributed by atoms with van der Waals surface area (Å²) < 4.78 is 5.22. The second kappa shape index (κ2) is 9.93. The molecule has 2 bridgehead atoms. The number of piperazine rings is 1. The predicted molar refractivity (Wildman–Crippen MR) is 137 cm³/mol. The van der Waals surface area contributed by atoms with Crippen LogP contribution in [0.4, 0.5) is 0 Å². The lowest BCUT2D eigenvalue weighted by Gasteiger charge is -2.60. The molecule has 5 aliphatic heterocycles. The van der Waals surface area contributed by atoms with Crippen LogP contribution in [-0.2, 0) is 6.54 Å². The number of aromatic nitrogens is 1. The van der Waals surface area contributed by atoms with Gasteiger partial charge in [-0.3, -0.25) is 15.1 Å². The molecule has 4 fully saturated rings. The molecule has 3 saturated heterocycles. The third-order valence-corrected chi connectivity index (χ3v) is 8.55. The molecule has 1 aromatic rings. The Morgan fingerprint density at radius 1 is 1.14 bits per heavy atom. The van der Waals surface area contributed by atoms with Gasteiger partial charge in [-0.05, 0) is 48.0 Å². The number of hydrazine groups is 1. The van der Waals surface area contributed by atoms with Crippen LogP contribution in [0, 0.1) is 5.92 Å². The Morgan fingerprint density at radius 2 is 2.00 bits per heavy atom. The summed E-state index contributed by atoms with van der Waals surface area (Å²) in [6.07, 6.45) is 19.0. The molecular weight excluding hydrogens is 438 g/mol. The van der Waals surface area contributed by atoms with E-state index in [0.717, 1.165) is 38.6 Å². The van der Waals surface area contributed by atoms with E-state index in [9.17, 15) is 0 Å². The highest BCUT2D eigenvalue weighted by Gasteiger charge is 2.50. The van der Waals surface area contributed by atoms with Crippen molar-refractivity contribution in [1.82, 2.24) is 36.3 Å². The highest BCUT2D eigenvalue weighted by Crippen LogP contribution is 2.37. The quantitative estimate of drug-likeness (QED) is 0.454. The molecule has 1 aromatic heterocycles. The van der Waals surface area contributed by atoms with Crippen LogP contribution in [0.5, 0.6) is 5.88 Å². The Balaban J connectivity index is 1.14. The van der Waals surface area contributed by atoms with Gasteiger partial charge in [-0.25, -0.2) is 10.4 Å². The minimum Gasteiger partial charge on any atom is -0.481 e. The Bertz CT molecular complexity index is 972. The first-order valence-electron chi connectivity index (χ1n) is 13.3. The first-order valence-corrected chi connectivity index (χ1v) is 13.3. The number of nitrogens with one attached hydrogen (secondary N) is 4. The lowest BCUT2D eigenvalue weighted by Crippen LogP contribution is -2.77. The van der Waals surface area contributed by atoms with E-state index >= 15 is 0 Å². The van der Waals surface area contributed by atoms with Crippen molar-refractivity contribution >= 4 is 0 Å². The van der Waals surface area contributed by atoms with E-state index in [1.165, 1.54) is 55.2 Å². The molecule has 8 heteroatoms. The van der Waals surface area contributed by atoms with Gasteiger partial charge in [0.2, 0.25) is 5.88 Å². The summed E-state index contributed by atoms with van der Waals surface area (Å²) in [5, 5.41) is 7.81. The molecule has 0 aromatic carbocycles. The summed E-state index contributed by atoms with van der Waals surface area (Å²) in [6, 6.07) is 5.27. The van der Waals surface area contributed by atoms with Gasteiger partial charge in [0.15, 0.2) is 5.79 Å². The third kappa shape index (κ3) is 4.72. The summed E-state index contributed by atoms with van der Waals surface area (Å²) >= 11 is 0. The van der Waals surface area contributed by atoms with Gasteiger partial charge in [0, 0.05) is 69.5 Å². The molecule has 0 amide bonds. The summed E-state index contributed by atoms with van der Waals surface area (Å²) in [4.78, 5) is 9.70. The molecule has 7 rings (SSSR count). The summed E-state index contributed by atoms with van der Waals surface area (Å²) in [6.45, 7) is 5.00. The zero-order valence-corrected chi connectivity index (χ0v) is 20.8. The number of pyridine rings is 1. The summed E-state index contributed by atoms with van der Waals surface area (Å²) in [7, 11) is 1.67. The smallest absolute Gasteiger partial charge is 0.212 e. The fourth-order valence-corrected chi connectivity index (χ4v) is 6.39. The second-order valence-corrected chi connectivity index (χ2v) is 10.7. The first-order chi connectivity index (χ1) is 17.2. The maximum absolute atomic E-state index is 5.22. The van der Waals surface area contributed by atoms with Gasteiger partial charge in [0.25, 0.3) is 0 Å². The lowest BCUT2D eigenvalue weighted by molar-refractivity contribution is -0.112. The van der Waals surface area contributed by atoms with Crippen LogP contribution in [0.25, 0.3) is 0 Å². The number of dihydropyridines is 1. The van der Waals surface area contributed by atoms with E-state index < -0.39 is 0 Å². The van der Waals surface area contributed by atoms with Crippen molar-refractivity contribution in [1.29, 1.82) is 0 Å². The summed E-state index contributed by atoms with van der Waals surface area (Å²) in [5.74, 6) is 1.15. The number of nitrogens with zero attached hydrogens (tertiary/aromatic N) is 3. The van der Waals surface area contributed by atoms with Gasteiger partial charge in [-0.2, -0.15) is 0 Å². The van der Waals surface area contributed by atoms with Gasteiger partial charge in [0.05, 0.1) is 7.11 Å². The largest absolute Gasteiger partial charge is 0.481 e. The SMILES string of the molecule is COc1ccc(CN2C3CC2CN(C2(NCC4CCCCC4)C=CC(C4=CNNC4)=CN2)C3)cn1. The van der Waals surface area contributed by atoms with Crippen molar-refractivity contribution in [3.63, 3.8) is 0 Å². The van der Waals surface area contributed by atoms with Crippen molar-refractivity contribution in [2.24, 2.45) is 5.92 Å². The Hall–Kier alpha value is -2.39. The lowest BCUT2D eigenvalue weighted by atomic mass is 9.85. The van der Waals surface area contributed by atoms with E-state index in [0.29, 0.717) is 18.0 Å².